The fraction of sp³-hybridized carbons (Fsp3) is 0.308. The summed E-state index contributed by atoms with van der Waals surface area (Å²) in [5, 5.41) is 0.484. The van der Waals surface area contributed by atoms with E-state index in [1.165, 1.54) is 0 Å². The number of hydrogen-bond donors (Lipinski definition) is 1. The van der Waals surface area contributed by atoms with E-state index in [0.29, 0.717) is 36.0 Å². The van der Waals surface area contributed by atoms with Crippen LogP contribution in [0.1, 0.15) is 10.4 Å². The van der Waals surface area contributed by atoms with E-state index < -0.39 is 0 Å². The van der Waals surface area contributed by atoms with Crippen molar-refractivity contribution in [1.29, 1.82) is 0 Å². The van der Waals surface area contributed by atoms with Crippen LogP contribution in [0, 0.1) is 0 Å². The zero-order valence-electron chi connectivity index (χ0n) is 10.4. The molecule has 18 heavy (non-hydrogen) atoms. The van der Waals surface area contributed by atoms with E-state index in [4.69, 9.17) is 22.1 Å². The number of anilines is 1. The predicted molar refractivity (Wildman–Crippen MR) is 73.8 cm³/mol. The normalized spacial score (nSPS) is 10.1. The second kappa shape index (κ2) is 7.03. The molecule has 0 bridgehead atoms. The van der Waals surface area contributed by atoms with Crippen LogP contribution < -0.4 is 5.73 Å². The van der Waals surface area contributed by atoms with Gasteiger partial charge in [-0.05, 0) is 18.2 Å². The second-order valence-electron chi connectivity index (χ2n) is 3.76. The summed E-state index contributed by atoms with van der Waals surface area (Å²) in [4.78, 5) is 13.9. The molecule has 0 unspecified atom stereocenters. The summed E-state index contributed by atoms with van der Waals surface area (Å²) in [6, 6.07) is 4.85. The third-order valence-electron chi connectivity index (χ3n) is 2.45. The SMILES string of the molecule is C=CCN(CCOC)C(=O)c1cc(Cl)ccc1N. The van der Waals surface area contributed by atoms with Gasteiger partial charge in [0.2, 0.25) is 0 Å². The third kappa shape index (κ3) is 3.75. The summed E-state index contributed by atoms with van der Waals surface area (Å²) < 4.78 is 4.97. The maximum atomic E-state index is 12.3. The molecule has 1 rings (SSSR count). The molecule has 0 aliphatic carbocycles. The first-order valence-corrected chi connectivity index (χ1v) is 5.92. The molecule has 0 aliphatic heterocycles. The van der Waals surface area contributed by atoms with Gasteiger partial charge in [0.15, 0.2) is 0 Å². The fourth-order valence-electron chi connectivity index (χ4n) is 1.52. The minimum atomic E-state index is -0.174. The molecule has 0 spiro atoms. The Morgan fingerprint density at radius 3 is 2.94 bits per heavy atom. The molecule has 0 aliphatic rings. The molecule has 0 fully saturated rings. The molecule has 2 N–H and O–H groups in total. The summed E-state index contributed by atoms with van der Waals surface area (Å²) in [6.45, 7) is 5.01. The van der Waals surface area contributed by atoms with Gasteiger partial charge in [-0.3, -0.25) is 4.79 Å². The molecule has 0 heterocycles. The number of benzene rings is 1. The average molecular weight is 269 g/mol. The summed E-state index contributed by atoms with van der Waals surface area (Å²) in [5.74, 6) is -0.174. The van der Waals surface area contributed by atoms with E-state index in [-0.39, 0.29) is 5.91 Å². The van der Waals surface area contributed by atoms with Crippen LogP contribution in [0.4, 0.5) is 5.69 Å². The summed E-state index contributed by atoms with van der Waals surface area (Å²) in [6.07, 6.45) is 1.66. The smallest absolute Gasteiger partial charge is 0.256 e. The van der Waals surface area contributed by atoms with Crippen LogP contribution in [0.5, 0.6) is 0 Å². The zero-order chi connectivity index (χ0) is 13.5. The molecular formula is C13H17ClN2O2. The molecule has 1 amide bonds. The molecule has 98 valence electrons. The molecule has 0 radical (unpaired) electrons. The quantitative estimate of drug-likeness (QED) is 0.636. The Morgan fingerprint density at radius 1 is 1.61 bits per heavy atom. The second-order valence-corrected chi connectivity index (χ2v) is 4.20. The number of hydrogen-bond acceptors (Lipinski definition) is 3. The third-order valence-corrected chi connectivity index (χ3v) is 2.68. The lowest BCUT2D eigenvalue weighted by atomic mass is 10.1. The van der Waals surface area contributed by atoms with Crippen molar-refractivity contribution in [3.05, 3.63) is 41.4 Å². The molecule has 1 aromatic rings. The van der Waals surface area contributed by atoms with Gasteiger partial charge in [-0.2, -0.15) is 0 Å². The number of methoxy groups -OCH3 is 1. The van der Waals surface area contributed by atoms with Crippen molar-refractivity contribution in [2.24, 2.45) is 0 Å². The fourth-order valence-corrected chi connectivity index (χ4v) is 1.69. The van der Waals surface area contributed by atoms with Crippen LogP contribution in [0.2, 0.25) is 5.02 Å². The number of rotatable bonds is 6. The molecule has 4 nitrogen and oxygen atoms in total. The maximum absolute atomic E-state index is 12.3. The van der Waals surface area contributed by atoms with Gasteiger partial charge in [-0.15, -0.1) is 6.58 Å². The van der Waals surface area contributed by atoms with E-state index in [1.54, 1.807) is 36.3 Å². The number of ether oxygens (including phenoxy) is 1. The van der Waals surface area contributed by atoms with Gasteiger partial charge in [-0.1, -0.05) is 17.7 Å². The van der Waals surface area contributed by atoms with E-state index >= 15 is 0 Å². The van der Waals surface area contributed by atoms with Gasteiger partial charge in [-0.25, -0.2) is 0 Å². The minimum Gasteiger partial charge on any atom is -0.398 e. The lowest BCUT2D eigenvalue weighted by Crippen LogP contribution is -2.34. The molecule has 0 saturated carbocycles. The van der Waals surface area contributed by atoms with Gasteiger partial charge in [0, 0.05) is 30.9 Å². The first kappa shape index (κ1) is 14.5. The van der Waals surface area contributed by atoms with E-state index in [9.17, 15) is 4.79 Å². The van der Waals surface area contributed by atoms with Gasteiger partial charge < -0.3 is 15.4 Å². The summed E-state index contributed by atoms with van der Waals surface area (Å²) in [5.41, 5.74) is 6.61. The van der Waals surface area contributed by atoms with E-state index in [2.05, 4.69) is 6.58 Å². The van der Waals surface area contributed by atoms with Gasteiger partial charge in [0.25, 0.3) is 5.91 Å². The highest BCUT2D eigenvalue weighted by molar-refractivity contribution is 6.31. The first-order valence-electron chi connectivity index (χ1n) is 5.54. The highest BCUT2D eigenvalue weighted by atomic mass is 35.5. The van der Waals surface area contributed by atoms with Crippen molar-refractivity contribution in [1.82, 2.24) is 4.90 Å². The van der Waals surface area contributed by atoms with E-state index in [1.807, 2.05) is 0 Å². The van der Waals surface area contributed by atoms with Crippen LogP contribution >= 0.6 is 11.6 Å². The largest absolute Gasteiger partial charge is 0.398 e. The van der Waals surface area contributed by atoms with Crippen molar-refractivity contribution in [3.63, 3.8) is 0 Å². The first-order chi connectivity index (χ1) is 8.60. The van der Waals surface area contributed by atoms with Gasteiger partial charge in [0.1, 0.15) is 0 Å². The highest BCUT2D eigenvalue weighted by Crippen LogP contribution is 2.19. The zero-order valence-corrected chi connectivity index (χ0v) is 11.1. The number of nitrogens with two attached hydrogens (primary N) is 1. The van der Waals surface area contributed by atoms with Crippen LogP contribution in [-0.2, 0) is 4.74 Å². The molecule has 5 heteroatoms. The predicted octanol–water partition coefficient (Wildman–Crippen LogP) is 2.20. The monoisotopic (exact) mass is 268 g/mol. The molecule has 0 atom stereocenters. The van der Waals surface area contributed by atoms with Crippen LogP contribution in [0.25, 0.3) is 0 Å². The van der Waals surface area contributed by atoms with Gasteiger partial charge in [0.05, 0.1) is 12.2 Å². The number of halogens is 1. The van der Waals surface area contributed by atoms with E-state index in [0.717, 1.165) is 0 Å². The van der Waals surface area contributed by atoms with Crippen LogP contribution in [0.3, 0.4) is 0 Å². The number of carbonyl (C=O) groups is 1. The minimum absolute atomic E-state index is 0.174. The summed E-state index contributed by atoms with van der Waals surface area (Å²) in [7, 11) is 1.59. The lowest BCUT2D eigenvalue weighted by Gasteiger charge is -2.21. The van der Waals surface area contributed by atoms with Crippen LogP contribution in [0.15, 0.2) is 30.9 Å². The molecule has 0 saturated heterocycles. The number of carbonyl (C=O) groups excluding carboxylic acids is 1. The Bertz CT molecular complexity index is 435. The highest BCUT2D eigenvalue weighted by Gasteiger charge is 2.17. The van der Waals surface area contributed by atoms with Crippen molar-refractivity contribution in [2.75, 3.05) is 32.5 Å². The van der Waals surface area contributed by atoms with Crippen molar-refractivity contribution >= 4 is 23.2 Å². The number of nitrogens with zero attached hydrogens (tertiary/aromatic N) is 1. The standard InChI is InChI=1S/C13H17ClN2O2/c1-3-6-16(7-8-18-2)13(17)11-9-10(14)4-5-12(11)15/h3-5,9H,1,6-8,15H2,2H3. The van der Waals surface area contributed by atoms with Crippen molar-refractivity contribution < 1.29 is 9.53 Å². The Morgan fingerprint density at radius 2 is 2.33 bits per heavy atom. The number of nitrogen functional groups attached to an aromatic ring is 1. The Labute approximate surface area is 112 Å². The topological polar surface area (TPSA) is 55.6 Å². The molecular weight excluding hydrogens is 252 g/mol. The molecule has 1 aromatic carbocycles. The van der Waals surface area contributed by atoms with Crippen LogP contribution in [-0.4, -0.2) is 37.6 Å². The Balaban J connectivity index is 2.93. The molecule has 0 aromatic heterocycles. The Hall–Kier alpha value is -1.52. The summed E-state index contributed by atoms with van der Waals surface area (Å²) >= 11 is 5.88. The lowest BCUT2D eigenvalue weighted by molar-refractivity contribution is 0.0719. The maximum Gasteiger partial charge on any atom is 0.256 e. The van der Waals surface area contributed by atoms with Gasteiger partial charge >= 0.3 is 0 Å². The van der Waals surface area contributed by atoms with Crippen molar-refractivity contribution in [2.45, 2.75) is 0 Å². The average Bonchev–Trinajstić information content (AvgIpc) is 2.36. The number of amides is 1. The van der Waals surface area contributed by atoms with Crippen molar-refractivity contribution in [3.8, 4) is 0 Å². The Kier molecular flexibility index (Phi) is 5.68.